The van der Waals surface area contributed by atoms with Gasteiger partial charge < -0.3 is 10.1 Å². The Labute approximate surface area is 154 Å². The van der Waals surface area contributed by atoms with Crippen LogP contribution in [-0.2, 0) is 4.79 Å². The van der Waals surface area contributed by atoms with Gasteiger partial charge in [-0.25, -0.2) is 0 Å². The predicted molar refractivity (Wildman–Crippen MR) is 98.4 cm³/mol. The standard InChI is InChI=1S/C18H15N5O2S/c1-25-16-9-5-4-8-15(16)23-12-20-22-18(23)26-11-17(24)21-14-7-3-2-6-13(14)10-19/h2-9,12H,11H2,1H3,(H,21,24). The molecule has 0 fully saturated rings. The molecule has 0 unspecified atom stereocenters. The minimum atomic E-state index is -0.229. The van der Waals surface area contributed by atoms with Gasteiger partial charge in [-0.1, -0.05) is 36.0 Å². The molecule has 8 heteroatoms. The average Bonchev–Trinajstić information content (AvgIpc) is 3.15. The van der Waals surface area contributed by atoms with Gasteiger partial charge >= 0.3 is 0 Å². The Bertz CT molecular complexity index is 964. The highest BCUT2D eigenvalue weighted by molar-refractivity contribution is 7.99. The lowest BCUT2D eigenvalue weighted by Gasteiger charge is -2.10. The molecule has 0 aliphatic carbocycles. The van der Waals surface area contributed by atoms with E-state index in [4.69, 9.17) is 10.00 Å². The molecule has 0 spiro atoms. The molecule has 26 heavy (non-hydrogen) atoms. The molecule has 3 rings (SSSR count). The summed E-state index contributed by atoms with van der Waals surface area (Å²) < 4.78 is 7.12. The topological polar surface area (TPSA) is 92.8 Å². The number of anilines is 1. The van der Waals surface area contributed by atoms with Crippen LogP contribution in [0.25, 0.3) is 5.69 Å². The second kappa shape index (κ2) is 8.18. The van der Waals surface area contributed by atoms with Crippen LogP contribution in [0.1, 0.15) is 5.56 Å². The lowest BCUT2D eigenvalue weighted by molar-refractivity contribution is -0.113. The van der Waals surface area contributed by atoms with Crippen molar-refractivity contribution in [2.24, 2.45) is 0 Å². The van der Waals surface area contributed by atoms with Gasteiger partial charge in [0, 0.05) is 0 Å². The Hall–Kier alpha value is -3.31. The number of nitrogens with one attached hydrogen (secondary N) is 1. The van der Waals surface area contributed by atoms with Crippen LogP contribution in [0.3, 0.4) is 0 Å². The molecule has 130 valence electrons. The Morgan fingerprint density at radius 1 is 1.27 bits per heavy atom. The molecule has 0 aliphatic rings. The number of thioether (sulfide) groups is 1. The minimum absolute atomic E-state index is 0.133. The van der Waals surface area contributed by atoms with E-state index in [0.717, 1.165) is 5.69 Å². The van der Waals surface area contributed by atoms with Crippen molar-refractivity contribution in [2.45, 2.75) is 5.16 Å². The number of nitriles is 1. The fraction of sp³-hybridized carbons (Fsp3) is 0.111. The molecule has 1 aromatic heterocycles. The molecule has 0 aliphatic heterocycles. The van der Waals surface area contributed by atoms with Gasteiger partial charge in [-0.2, -0.15) is 5.26 Å². The van der Waals surface area contributed by atoms with Gasteiger partial charge in [0.25, 0.3) is 0 Å². The van der Waals surface area contributed by atoms with E-state index < -0.39 is 0 Å². The van der Waals surface area contributed by atoms with E-state index in [0.29, 0.717) is 22.2 Å². The summed E-state index contributed by atoms with van der Waals surface area (Å²) in [5, 5.41) is 20.4. The SMILES string of the molecule is COc1ccccc1-n1cnnc1SCC(=O)Nc1ccccc1C#N. The number of nitrogens with zero attached hydrogens (tertiary/aromatic N) is 4. The Morgan fingerprint density at radius 2 is 2.04 bits per heavy atom. The van der Waals surface area contributed by atoms with Crippen molar-refractivity contribution in [1.82, 2.24) is 14.8 Å². The van der Waals surface area contributed by atoms with Crippen LogP contribution in [0.5, 0.6) is 5.75 Å². The highest BCUT2D eigenvalue weighted by atomic mass is 32.2. The largest absolute Gasteiger partial charge is 0.495 e. The highest BCUT2D eigenvalue weighted by Crippen LogP contribution is 2.26. The van der Waals surface area contributed by atoms with Crippen LogP contribution in [0, 0.1) is 11.3 Å². The number of carbonyl (C=O) groups is 1. The van der Waals surface area contributed by atoms with Gasteiger partial charge in [-0.05, 0) is 24.3 Å². The fourth-order valence-corrected chi connectivity index (χ4v) is 3.04. The van der Waals surface area contributed by atoms with Gasteiger partial charge in [0.2, 0.25) is 5.91 Å². The molecule has 0 saturated heterocycles. The molecule has 1 N–H and O–H groups in total. The smallest absolute Gasteiger partial charge is 0.234 e. The number of methoxy groups -OCH3 is 1. The quantitative estimate of drug-likeness (QED) is 0.675. The maximum atomic E-state index is 12.2. The molecular weight excluding hydrogens is 350 g/mol. The van der Waals surface area contributed by atoms with Gasteiger partial charge in [0.1, 0.15) is 18.1 Å². The van der Waals surface area contributed by atoms with E-state index >= 15 is 0 Å². The molecule has 1 amide bonds. The van der Waals surface area contributed by atoms with E-state index in [2.05, 4.69) is 21.6 Å². The van der Waals surface area contributed by atoms with E-state index in [-0.39, 0.29) is 11.7 Å². The number of hydrogen-bond acceptors (Lipinski definition) is 6. The zero-order chi connectivity index (χ0) is 18.4. The first kappa shape index (κ1) is 17.5. The van der Waals surface area contributed by atoms with Crippen LogP contribution >= 0.6 is 11.8 Å². The third-order valence-electron chi connectivity index (χ3n) is 3.52. The minimum Gasteiger partial charge on any atom is -0.495 e. The number of carbonyl (C=O) groups excluding carboxylic acids is 1. The number of amides is 1. The third-order valence-corrected chi connectivity index (χ3v) is 4.46. The maximum Gasteiger partial charge on any atom is 0.234 e. The number of hydrogen-bond donors (Lipinski definition) is 1. The molecule has 2 aromatic carbocycles. The van der Waals surface area contributed by atoms with E-state index in [1.54, 1.807) is 42.3 Å². The summed E-state index contributed by atoms with van der Waals surface area (Å²) in [6, 6.07) is 16.4. The lowest BCUT2D eigenvalue weighted by Crippen LogP contribution is -2.15. The first-order chi connectivity index (χ1) is 12.7. The summed E-state index contributed by atoms with van der Waals surface area (Å²) in [5.41, 5.74) is 1.70. The van der Waals surface area contributed by atoms with Gasteiger partial charge in [-0.15, -0.1) is 10.2 Å². The van der Waals surface area contributed by atoms with Crippen LogP contribution in [0.15, 0.2) is 60.0 Å². The van der Waals surface area contributed by atoms with E-state index in [1.807, 2.05) is 24.3 Å². The van der Waals surface area contributed by atoms with E-state index in [9.17, 15) is 4.79 Å². The van der Waals surface area contributed by atoms with Crippen molar-refractivity contribution in [2.75, 3.05) is 18.2 Å². The lowest BCUT2D eigenvalue weighted by atomic mass is 10.2. The number of rotatable bonds is 6. The van der Waals surface area contributed by atoms with Crippen LogP contribution in [0.4, 0.5) is 5.69 Å². The number of ether oxygens (including phenoxy) is 1. The van der Waals surface area contributed by atoms with E-state index in [1.165, 1.54) is 11.8 Å². The molecule has 0 radical (unpaired) electrons. The molecule has 1 heterocycles. The summed E-state index contributed by atoms with van der Waals surface area (Å²) >= 11 is 1.25. The van der Waals surface area contributed by atoms with Crippen molar-refractivity contribution in [3.05, 3.63) is 60.4 Å². The summed E-state index contributed by atoms with van der Waals surface area (Å²) in [7, 11) is 1.59. The highest BCUT2D eigenvalue weighted by Gasteiger charge is 2.13. The number of benzene rings is 2. The van der Waals surface area contributed by atoms with Crippen molar-refractivity contribution in [3.8, 4) is 17.5 Å². The molecule has 0 saturated carbocycles. The molecule has 0 bridgehead atoms. The van der Waals surface area contributed by atoms with Crippen molar-refractivity contribution >= 4 is 23.4 Å². The number of para-hydroxylation sites is 3. The summed E-state index contributed by atoms with van der Waals surface area (Å²) in [5.74, 6) is 0.585. The number of aromatic nitrogens is 3. The van der Waals surface area contributed by atoms with Crippen LogP contribution < -0.4 is 10.1 Å². The van der Waals surface area contributed by atoms with Gasteiger partial charge in [0.15, 0.2) is 5.16 Å². The second-order valence-corrected chi connectivity index (χ2v) is 6.09. The second-order valence-electron chi connectivity index (χ2n) is 5.15. The van der Waals surface area contributed by atoms with Gasteiger partial charge in [0.05, 0.1) is 29.8 Å². The fourth-order valence-electron chi connectivity index (χ4n) is 2.32. The Morgan fingerprint density at radius 3 is 2.85 bits per heavy atom. The Kier molecular flexibility index (Phi) is 5.51. The normalized spacial score (nSPS) is 10.2. The first-order valence-electron chi connectivity index (χ1n) is 7.68. The zero-order valence-electron chi connectivity index (χ0n) is 13.9. The summed E-state index contributed by atoms with van der Waals surface area (Å²) in [6.07, 6.45) is 1.57. The van der Waals surface area contributed by atoms with Crippen molar-refractivity contribution < 1.29 is 9.53 Å². The molecule has 0 atom stereocenters. The third kappa shape index (κ3) is 3.84. The predicted octanol–water partition coefficient (Wildman–Crippen LogP) is 2.88. The maximum absolute atomic E-state index is 12.2. The van der Waals surface area contributed by atoms with Crippen molar-refractivity contribution in [3.63, 3.8) is 0 Å². The molecular formula is C18H15N5O2S. The average molecular weight is 365 g/mol. The Balaban J connectivity index is 1.71. The van der Waals surface area contributed by atoms with Crippen LogP contribution in [0.2, 0.25) is 0 Å². The monoisotopic (exact) mass is 365 g/mol. The van der Waals surface area contributed by atoms with Crippen LogP contribution in [-0.4, -0.2) is 33.5 Å². The van der Waals surface area contributed by atoms with Gasteiger partial charge in [-0.3, -0.25) is 9.36 Å². The van der Waals surface area contributed by atoms with Crippen molar-refractivity contribution in [1.29, 1.82) is 5.26 Å². The summed E-state index contributed by atoms with van der Waals surface area (Å²) in [6.45, 7) is 0. The molecule has 7 nitrogen and oxygen atoms in total. The zero-order valence-corrected chi connectivity index (χ0v) is 14.7. The first-order valence-corrected chi connectivity index (χ1v) is 8.66. The molecule has 3 aromatic rings. The summed E-state index contributed by atoms with van der Waals surface area (Å²) in [4.78, 5) is 12.2.